The number of hydrogen-bond acceptors (Lipinski definition) is 8. The van der Waals surface area contributed by atoms with Crippen LogP contribution in [0, 0.1) is 12.3 Å². The summed E-state index contributed by atoms with van der Waals surface area (Å²) in [5.41, 5.74) is 11.2. The van der Waals surface area contributed by atoms with Gasteiger partial charge in [-0.3, -0.25) is 9.59 Å². The lowest BCUT2D eigenvalue weighted by Crippen LogP contribution is -2.45. The molecule has 2 amide bonds. The second-order valence-corrected chi connectivity index (χ2v) is 7.42. The third-order valence-corrected chi connectivity index (χ3v) is 4.11. The largest absolute Gasteiger partial charge is 0.368 e. The Labute approximate surface area is 149 Å². The van der Waals surface area contributed by atoms with Gasteiger partial charge in [0.2, 0.25) is 5.91 Å². The number of hydrogen-bond donors (Lipinski definition) is 4. The second-order valence-electron chi connectivity index (χ2n) is 6.62. The zero-order valence-corrected chi connectivity index (χ0v) is 15.3. The number of anilines is 3. The maximum absolute atomic E-state index is 11.7. The minimum Gasteiger partial charge on any atom is -0.368 e. The Kier molecular flexibility index (Phi) is 5.21. The fraction of sp³-hybridized carbons (Fsp3) is 0.400. The second kappa shape index (κ2) is 7.01. The van der Waals surface area contributed by atoms with Crippen LogP contribution in [0.1, 0.15) is 37.0 Å². The average Bonchev–Trinajstić information content (AvgIpc) is 2.88. The van der Waals surface area contributed by atoms with Crippen LogP contribution in [0.4, 0.5) is 16.6 Å². The lowest BCUT2D eigenvalue weighted by molar-refractivity contribution is -0.120. The minimum absolute atomic E-state index is 0.0111. The summed E-state index contributed by atoms with van der Waals surface area (Å²) in [6.45, 7) is 7.47. The predicted molar refractivity (Wildman–Crippen MR) is 96.7 cm³/mol. The number of nitrogens with one attached hydrogen (secondary N) is 2. The molecule has 0 aliphatic carbocycles. The van der Waals surface area contributed by atoms with Gasteiger partial charge in [0, 0.05) is 0 Å². The molecule has 2 rings (SSSR count). The topological polar surface area (TPSA) is 149 Å². The SMILES string of the molecule is Cc1cc(Nc2nc(N[C@@H](C(N)=O)C(C)(C)C)cnc2C(N)=O)sn1. The molecular formula is C15H21N7O2S. The minimum atomic E-state index is -0.718. The summed E-state index contributed by atoms with van der Waals surface area (Å²) in [4.78, 5) is 31.7. The standard InChI is InChI=1S/C15H21N7O2S/c1-7-5-9(25-22-7)21-14-10(12(16)23)18-6-8(20-14)19-11(13(17)24)15(2,3)4/h5-6,11H,1-4H3,(H2,16,23)(H2,17,24)(H2,19,20,21)/t11-/m0/s1. The summed E-state index contributed by atoms with van der Waals surface area (Å²) in [6, 6.07) is 1.14. The quantitative estimate of drug-likeness (QED) is 0.606. The summed E-state index contributed by atoms with van der Waals surface area (Å²) in [6.07, 6.45) is 1.34. The van der Waals surface area contributed by atoms with Crippen molar-refractivity contribution >= 4 is 40.0 Å². The molecule has 2 aromatic heterocycles. The number of aryl methyl sites for hydroxylation is 1. The van der Waals surface area contributed by atoms with Crippen molar-refractivity contribution in [1.82, 2.24) is 14.3 Å². The first-order valence-electron chi connectivity index (χ1n) is 7.51. The van der Waals surface area contributed by atoms with E-state index >= 15 is 0 Å². The molecule has 1 atom stereocenters. The number of primary amides is 2. The van der Waals surface area contributed by atoms with Gasteiger partial charge >= 0.3 is 0 Å². The fourth-order valence-corrected chi connectivity index (χ4v) is 2.79. The molecule has 2 heterocycles. The fourth-order valence-electron chi connectivity index (χ4n) is 2.13. The van der Waals surface area contributed by atoms with Gasteiger partial charge < -0.3 is 22.1 Å². The van der Waals surface area contributed by atoms with Crippen LogP contribution in [0.2, 0.25) is 0 Å². The molecule has 25 heavy (non-hydrogen) atoms. The van der Waals surface area contributed by atoms with Crippen molar-refractivity contribution in [1.29, 1.82) is 0 Å². The third-order valence-electron chi connectivity index (χ3n) is 3.32. The molecule has 0 aromatic carbocycles. The van der Waals surface area contributed by atoms with Gasteiger partial charge in [-0.05, 0) is 29.9 Å². The van der Waals surface area contributed by atoms with Crippen molar-refractivity contribution in [2.75, 3.05) is 10.6 Å². The van der Waals surface area contributed by atoms with Crippen LogP contribution >= 0.6 is 11.5 Å². The van der Waals surface area contributed by atoms with Crippen LogP contribution in [0.25, 0.3) is 0 Å². The summed E-state index contributed by atoms with van der Waals surface area (Å²) in [5.74, 6) is -0.753. The van der Waals surface area contributed by atoms with Crippen LogP contribution < -0.4 is 22.1 Å². The lowest BCUT2D eigenvalue weighted by atomic mass is 9.86. The number of carbonyl (C=O) groups is 2. The van der Waals surface area contributed by atoms with Crippen LogP contribution in [-0.4, -0.2) is 32.2 Å². The number of carbonyl (C=O) groups excluding carboxylic acids is 2. The highest BCUT2D eigenvalue weighted by molar-refractivity contribution is 7.10. The van der Waals surface area contributed by atoms with E-state index in [4.69, 9.17) is 11.5 Å². The van der Waals surface area contributed by atoms with Crippen LogP contribution in [0.15, 0.2) is 12.3 Å². The molecule has 0 unspecified atom stereocenters. The summed E-state index contributed by atoms with van der Waals surface area (Å²) < 4.78 is 4.15. The first-order valence-corrected chi connectivity index (χ1v) is 8.28. The van der Waals surface area contributed by atoms with Gasteiger partial charge in [-0.15, -0.1) is 0 Å². The molecule has 6 N–H and O–H groups in total. The first kappa shape index (κ1) is 18.6. The van der Waals surface area contributed by atoms with Gasteiger partial charge in [-0.2, -0.15) is 4.37 Å². The maximum Gasteiger partial charge on any atom is 0.271 e. The number of aromatic nitrogens is 3. The number of amides is 2. The van der Waals surface area contributed by atoms with Crippen molar-refractivity contribution < 1.29 is 9.59 Å². The Morgan fingerprint density at radius 2 is 1.96 bits per heavy atom. The average molecular weight is 363 g/mol. The van der Waals surface area contributed by atoms with Crippen LogP contribution in [-0.2, 0) is 4.79 Å². The molecule has 0 saturated heterocycles. The van der Waals surface area contributed by atoms with Gasteiger partial charge in [0.1, 0.15) is 16.9 Å². The molecule has 0 saturated carbocycles. The van der Waals surface area contributed by atoms with E-state index < -0.39 is 23.3 Å². The number of rotatable bonds is 6. The predicted octanol–water partition coefficient (Wildman–Crippen LogP) is 1.40. The van der Waals surface area contributed by atoms with E-state index in [0.29, 0.717) is 10.8 Å². The van der Waals surface area contributed by atoms with Crippen molar-refractivity contribution in [2.24, 2.45) is 16.9 Å². The Bertz CT molecular complexity index is 797. The normalized spacial score (nSPS) is 12.5. The van der Waals surface area contributed by atoms with E-state index in [9.17, 15) is 9.59 Å². The molecular weight excluding hydrogens is 342 g/mol. The molecule has 0 aliphatic rings. The molecule has 134 valence electrons. The molecule has 0 aliphatic heterocycles. The third kappa shape index (κ3) is 4.63. The summed E-state index contributed by atoms with van der Waals surface area (Å²) >= 11 is 1.22. The Hall–Kier alpha value is -2.75. The van der Waals surface area contributed by atoms with Crippen LogP contribution in [0.5, 0.6) is 0 Å². The molecule has 9 nitrogen and oxygen atoms in total. The first-order chi connectivity index (χ1) is 11.6. The Morgan fingerprint density at radius 1 is 1.28 bits per heavy atom. The molecule has 10 heteroatoms. The van der Waals surface area contributed by atoms with Crippen LogP contribution in [0.3, 0.4) is 0 Å². The van der Waals surface area contributed by atoms with Crippen molar-refractivity contribution in [3.8, 4) is 0 Å². The highest BCUT2D eigenvalue weighted by Gasteiger charge is 2.30. The van der Waals surface area contributed by atoms with Crippen molar-refractivity contribution in [3.63, 3.8) is 0 Å². The van der Waals surface area contributed by atoms with Crippen molar-refractivity contribution in [2.45, 2.75) is 33.7 Å². The van der Waals surface area contributed by atoms with E-state index in [1.807, 2.05) is 27.7 Å². The maximum atomic E-state index is 11.7. The monoisotopic (exact) mass is 363 g/mol. The van der Waals surface area contributed by atoms with E-state index in [1.54, 1.807) is 6.07 Å². The summed E-state index contributed by atoms with van der Waals surface area (Å²) in [7, 11) is 0. The van der Waals surface area contributed by atoms with E-state index in [1.165, 1.54) is 17.7 Å². The van der Waals surface area contributed by atoms with E-state index in [2.05, 4.69) is 25.0 Å². The highest BCUT2D eigenvalue weighted by atomic mass is 32.1. The zero-order chi connectivity index (χ0) is 18.8. The van der Waals surface area contributed by atoms with E-state index in [-0.39, 0.29) is 11.5 Å². The van der Waals surface area contributed by atoms with Gasteiger partial charge in [-0.1, -0.05) is 20.8 Å². The van der Waals surface area contributed by atoms with Gasteiger partial charge in [-0.25, -0.2) is 9.97 Å². The summed E-state index contributed by atoms with van der Waals surface area (Å²) in [5, 5.41) is 6.63. The number of nitrogens with two attached hydrogens (primary N) is 2. The van der Waals surface area contributed by atoms with Gasteiger partial charge in [0.25, 0.3) is 5.91 Å². The number of nitrogens with zero attached hydrogens (tertiary/aromatic N) is 3. The Morgan fingerprint density at radius 3 is 2.44 bits per heavy atom. The molecule has 0 bridgehead atoms. The zero-order valence-electron chi connectivity index (χ0n) is 14.5. The smallest absolute Gasteiger partial charge is 0.271 e. The molecule has 0 fully saturated rings. The molecule has 0 radical (unpaired) electrons. The van der Waals surface area contributed by atoms with E-state index in [0.717, 1.165) is 5.69 Å². The Balaban J connectivity index is 2.36. The molecule has 2 aromatic rings. The van der Waals surface area contributed by atoms with Gasteiger partial charge in [0.05, 0.1) is 11.9 Å². The highest BCUT2D eigenvalue weighted by Crippen LogP contribution is 2.25. The molecule has 0 spiro atoms. The van der Waals surface area contributed by atoms with Gasteiger partial charge in [0.15, 0.2) is 11.5 Å². The lowest BCUT2D eigenvalue weighted by Gasteiger charge is -2.29. The van der Waals surface area contributed by atoms with Crippen molar-refractivity contribution in [3.05, 3.63) is 23.7 Å².